The lowest BCUT2D eigenvalue weighted by atomic mass is 9.81. The number of aliphatic hydroxyl groups is 1. The molecule has 0 amide bonds. The molecule has 1 heterocycles. The summed E-state index contributed by atoms with van der Waals surface area (Å²) >= 11 is 0. The van der Waals surface area contributed by atoms with Gasteiger partial charge in [0, 0.05) is 20.2 Å². The van der Waals surface area contributed by atoms with E-state index in [1.165, 1.54) is 24.8 Å². The Balaban J connectivity index is 1.97. The summed E-state index contributed by atoms with van der Waals surface area (Å²) in [5, 5.41) is 12.8. The zero-order valence-corrected chi connectivity index (χ0v) is 9.41. The quantitative estimate of drug-likeness (QED) is 0.672. The standard InChI is InChI=1S/C12H21NO2/c1-15-12-4-2-3-9(6-12)10-5-11(14)8-13-7-10/h5,9,11-14H,2-4,6-8H2,1H3. The number of rotatable bonds is 2. The highest BCUT2D eigenvalue weighted by Crippen LogP contribution is 2.31. The van der Waals surface area contributed by atoms with E-state index in [1.807, 2.05) is 6.08 Å². The fraction of sp³-hybridized carbons (Fsp3) is 0.833. The molecule has 0 aromatic rings. The number of aliphatic hydroxyl groups excluding tert-OH is 1. The van der Waals surface area contributed by atoms with Crippen LogP contribution in [0.4, 0.5) is 0 Å². The first-order valence-electron chi connectivity index (χ1n) is 5.91. The molecular weight excluding hydrogens is 190 g/mol. The second-order valence-electron chi connectivity index (χ2n) is 4.66. The van der Waals surface area contributed by atoms with Crippen LogP contribution in [0.15, 0.2) is 11.6 Å². The monoisotopic (exact) mass is 211 g/mol. The molecule has 3 atom stereocenters. The molecule has 0 aromatic carbocycles. The Morgan fingerprint density at radius 2 is 2.33 bits per heavy atom. The largest absolute Gasteiger partial charge is 0.388 e. The minimum Gasteiger partial charge on any atom is -0.388 e. The lowest BCUT2D eigenvalue weighted by Crippen LogP contribution is -2.36. The van der Waals surface area contributed by atoms with Crippen LogP contribution in [0.25, 0.3) is 0 Å². The van der Waals surface area contributed by atoms with Gasteiger partial charge in [-0.3, -0.25) is 0 Å². The van der Waals surface area contributed by atoms with Gasteiger partial charge in [-0.15, -0.1) is 0 Å². The second kappa shape index (κ2) is 5.10. The molecule has 3 heteroatoms. The molecular formula is C12H21NO2. The third-order valence-corrected chi connectivity index (χ3v) is 3.57. The van der Waals surface area contributed by atoms with E-state index in [9.17, 15) is 5.11 Å². The molecule has 1 fully saturated rings. The summed E-state index contributed by atoms with van der Waals surface area (Å²) in [6.45, 7) is 1.64. The van der Waals surface area contributed by atoms with Crippen molar-refractivity contribution in [3.05, 3.63) is 11.6 Å². The van der Waals surface area contributed by atoms with E-state index in [-0.39, 0.29) is 6.10 Å². The van der Waals surface area contributed by atoms with Crippen LogP contribution in [-0.4, -0.2) is 37.5 Å². The van der Waals surface area contributed by atoms with E-state index >= 15 is 0 Å². The highest BCUT2D eigenvalue weighted by Gasteiger charge is 2.26. The maximum absolute atomic E-state index is 9.56. The molecule has 2 N–H and O–H groups in total. The summed E-state index contributed by atoms with van der Waals surface area (Å²) in [4.78, 5) is 0. The zero-order valence-electron chi connectivity index (χ0n) is 9.41. The van der Waals surface area contributed by atoms with Crippen molar-refractivity contribution in [2.75, 3.05) is 20.2 Å². The third kappa shape index (κ3) is 2.80. The van der Waals surface area contributed by atoms with Crippen LogP contribution in [0.1, 0.15) is 25.7 Å². The van der Waals surface area contributed by atoms with Crippen LogP contribution in [-0.2, 0) is 4.74 Å². The van der Waals surface area contributed by atoms with E-state index in [0.29, 0.717) is 18.6 Å². The minimum absolute atomic E-state index is 0.295. The maximum Gasteiger partial charge on any atom is 0.0848 e. The smallest absolute Gasteiger partial charge is 0.0848 e. The van der Waals surface area contributed by atoms with Gasteiger partial charge in [-0.2, -0.15) is 0 Å². The van der Waals surface area contributed by atoms with Gasteiger partial charge >= 0.3 is 0 Å². The first kappa shape index (κ1) is 11.1. The number of hydrogen-bond acceptors (Lipinski definition) is 3. The summed E-state index contributed by atoms with van der Waals surface area (Å²) in [7, 11) is 1.80. The number of hydrogen-bond donors (Lipinski definition) is 2. The molecule has 3 unspecified atom stereocenters. The average molecular weight is 211 g/mol. The molecule has 1 aliphatic carbocycles. The van der Waals surface area contributed by atoms with E-state index in [4.69, 9.17) is 4.74 Å². The van der Waals surface area contributed by atoms with E-state index in [0.717, 1.165) is 13.0 Å². The lowest BCUT2D eigenvalue weighted by molar-refractivity contribution is 0.0559. The summed E-state index contributed by atoms with van der Waals surface area (Å²) in [6, 6.07) is 0. The summed E-state index contributed by atoms with van der Waals surface area (Å²) in [6.07, 6.45) is 6.98. The predicted molar refractivity (Wildman–Crippen MR) is 59.7 cm³/mol. The van der Waals surface area contributed by atoms with Crippen LogP contribution in [0.2, 0.25) is 0 Å². The van der Waals surface area contributed by atoms with Gasteiger partial charge in [0.05, 0.1) is 12.2 Å². The highest BCUT2D eigenvalue weighted by atomic mass is 16.5. The van der Waals surface area contributed by atoms with Crippen molar-refractivity contribution < 1.29 is 9.84 Å². The highest BCUT2D eigenvalue weighted by molar-refractivity contribution is 5.15. The van der Waals surface area contributed by atoms with Crippen molar-refractivity contribution in [1.82, 2.24) is 5.32 Å². The number of β-amino-alcohol motifs (C(OH)–C–C–N with tert-alkyl or cyclic N) is 1. The third-order valence-electron chi connectivity index (χ3n) is 3.57. The molecule has 3 nitrogen and oxygen atoms in total. The molecule has 0 radical (unpaired) electrons. The Labute approximate surface area is 91.5 Å². The molecule has 0 aromatic heterocycles. The average Bonchev–Trinajstić information content (AvgIpc) is 2.29. The molecule has 0 saturated heterocycles. The number of ether oxygens (including phenoxy) is 1. The Bertz CT molecular complexity index is 240. The second-order valence-corrected chi connectivity index (χ2v) is 4.66. The molecule has 0 bridgehead atoms. The van der Waals surface area contributed by atoms with Crippen molar-refractivity contribution in [2.24, 2.45) is 5.92 Å². The van der Waals surface area contributed by atoms with Crippen molar-refractivity contribution in [3.8, 4) is 0 Å². The first-order valence-corrected chi connectivity index (χ1v) is 5.91. The Hall–Kier alpha value is -0.380. The Kier molecular flexibility index (Phi) is 3.78. The topological polar surface area (TPSA) is 41.5 Å². The van der Waals surface area contributed by atoms with Crippen LogP contribution < -0.4 is 5.32 Å². The van der Waals surface area contributed by atoms with Gasteiger partial charge in [0.2, 0.25) is 0 Å². The van der Waals surface area contributed by atoms with E-state index in [2.05, 4.69) is 5.32 Å². The van der Waals surface area contributed by atoms with Gasteiger partial charge in [0.15, 0.2) is 0 Å². The number of nitrogens with one attached hydrogen (secondary N) is 1. The van der Waals surface area contributed by atoms with Gasteiger partial charge in [-0.05, 0) is 25.2 Å². The van der Waals surface area contributed by atoms with Crippen LogP contribution >= 0.6 is 0 Å². The van der Waals surface area contributed by atoms with Crippen molar-refractivity contribution in [3.63, 3.8) is 0 Å². The Morgan fingerprint density at radius 1 is 1.47 bits per heavy atom. The summed E-state index contributed by atoms with van der Waals surface area (Å²) in [5.74, 6) is 0.617. The SMILES string of the molecule is COC1CCCC(C2=CC(O)CNC2)C1. The molecule has 1 aliphatic heterocycles. The van der Waals surface area contributed by atoms with Gasteiger partial charge in [0.1, 0.15) is 0 Å². The van der Waals surface area contributed by atoms with E-state index < -0.39 is 0 Å². The first-order chi connectivity index (χ1) is 7.29. The summed E-state index contributed by atoms with van der Waals surface area (Å²) < 4.78 is 5.43. The number of methoxy groups -OCH3 is 1. The molecule has 2 rings (SSSR count). The molecule has 1 saturated carbocycles. The minimum atomic E-state index is -0.295. The van der Waals surface area contributed by atoms with Crippen LogP contribution in [0, 0.1) is 5.92 Å². The van der Waals surface area contributed by atoms with Crippen LogP contribution in [0.3, 0.4) is 0 Å². The molecule has 2 aliphatic rings. The van der Waals surface area contributed by atoms with Crippen molar-refractivity contribution in [1.29, 1.82) is 0 Å². The normalized spacial score (nSPS) is 37.5. The fourth-order valence-electron chi connectivity index (χ4n) is 2.71. The van der Waals surface area contributed by atoms with Gasteiger partial charge < -0.3 is 15.2 Å². The molecule has 15 heavy (non-hydrogen) atoms. The van der Waals surface area contributed by atoms with Gasteiger partial charge in [-0.1, -0.05) is 18.1 Å². The van der Waals surface area contributed by atoms with Crippen molar-refractivity contribution in [2.45, 2.75) is 37.9 Å². The van der Waals surface area contributed by atoms with Crippen molar-refractivity contribution >= 4 is 0 Å². The maximum atomic E-state index is 9.56. The lowest BCUT2D eigenvalue weighted by Gasteiger charge is -2.32. The zero-order chi connectivity index (χ0) is 10.7. The van der Waals surface area contributed by atoms with Crippen LogP contribution in [0.5, 0.6) is 0 Å². The summed E-state index contributed by atoms with van der Waals surface area (Å²) in [5.41, 5.74) is 1.38. The van der Waals surface area contributed by atoms with Gasteiger partial charge in [0.25, 0.3) is 0 Å². The molecule has 86 valence electrons. The van der Waals surface area contributed by atoms with E-state index in [1.54, 1.807) is 7.11 Å². The fourth-order valence-corrected chi connectivity index (χ4v) is 2.71. The molecule has 0 spiro atoms. The van der Waals surface area contributed by atoms with Gasteiger partial charge in [-0.25, -0.2) is 0 Å². The predicted octanol–water partition coefficient (Wildman–Crippen LogP) is 1.08. The Morgan fingerprint density at radius 3 is 3.07 bits per heavy atom.